The number of alkyl halides is 11. The molecule has 2 nitrogen and oxygen atoms in total. The van der Waals surface area contributed by atoms with Crippen molar-refractivity contribution in [3.63, 3.8) is 0 Å². The second kappa shape index (κ2) is 10.8. The summed E-state index contributed by atoms with van der Waals surface area (Å²) in [4.78, 5) is 0. The Morgan fingerprint density at radius 1 is 0.677 bits per heavy atom. The highest BCUT2D eigenvalue weighted by Gasteiger charge is 2.86. The molecule has 1 saturated heterocycles. The smallest absolute Gasteiger partial charge is 0.381 e. The van der Waals surface area contributed by atoms with E-state index in [4.69, 9.17) is 9.47 Å². The predicted octanol–water partition coefficient (Wildman–Crippen LogP) is 7.02. The molecule has 1 atom stereocenters. The fraction of sp³-hybridized carbons (Fsp3) is 1.00. The molecule has 0 aliphatic carbocycles. The topological polar surface area (TPSA) is 18.5 Å². The highest BCUT2D eigenvalue weighted by Crippen LogP contribution is 2.58. The second-order valence-corrected chi connectivity index (χ2v) is 7.48. The van der Waals surface area contributed by atoms with Gasteiger partial charge >= 0.3 is 29.9 Å². The van der Waals surface area contributed by atoms with Crippen LogP contribution in [0.3, 0.4) is 0 Å². The fourth-order valence-corrected chi connectivity index (χ4v) is 3.02. The zero-order chi connectivity index (χ0) is 24.0. The summed E-state index contributed by atoms with van der Waals surface area (Å²) in [5.41, 5.74) is 0. The average molecular weight is 482 g/mol. The van der Waals surface area contributed by atoms with Gasteiger partial charge in [0.15, 0.2) is 0 Å². The van der Waals surface area contributed by atoms with E-state index in [1.165, 1.54) is 0 Å². The molecule has 1 fully saturated rings. The standard InChI is InChI=1S/C18H25F11O2/c19-14(20,15(21,22)16(23,24)17(25,26)18(27,28)29)9-4-1-2-5-10-30-12-8-13-7-3-6-11-31-13/h13H,1-12H2. The van der Waals surface area contributed by atoms with E-state index in [0.717, 1.165) is 19.3 Å². The van der Waals surface area contributed by atoms with E-state index in [-0.39, 0.29) is 25.6 Å². The summed E-state index contributed by atoms with van der Waals surface area (Å²) >= 11 is 0. The van der Waals surface area contributed by atoms with Crippen LogP contribution in [0.25, 0.3) is 0 Å². The number of halogens is 11. The fourth-order valence-electron chi connectivity index (χ4n) is 3.02. The van der Waals surface area contributed by atoms with Crippen molar-refractivity contribution in [2.45, 2.75) is 93.8 Å². The summed E-state index contributed by atoms with van der Waals surface area (Å²) in [6.07, 6.45) is -5.70. The maximum Gasteiger partial charge on any atom is 0.460 e. The molecule has 13 heteroatoms. The first-order chi connectivity index (χ1) is 14.1. The normalized spacial score (nSPS) is 19.6. The Kier molecular flexibility index (Phi) is 9.86. The maximum atomic E-state index is 13.5. The Balaban J connectivity index is 2.36. The highest BCUT2D eigenvalue weighted by atomic mass is 19.4. The SMILES string of the molecule is FC(F)(F)C(F)(F)C(F)(F)C(F)(F)C(F)(F)CCCCCCOCCC1CCCCO1. The molecule has 1 heterocycles. The van der Waals surface area contributed by atoms with Gasteiger partial charge in [0.2, 0.25) is 0 Å². The third-order valence-corrected chi connectivity index (χ3v) is 4.99. The van der Waals surface area contributed by atoms with E-state index in [1.54, 1.807) is 0 Å². The summed E-state index contributed by atoms with van der Waals surface area (Å²) in [6, 6.07) is 0. The van der Waals surface area contributed by atoms with Gasteiger partial charge in [-0.15, -0.1) is 0 Å². The van der Waals surface area contributed by atoms with Crippen LogP contribution in [0.4, 0.5) is 48.3 Å². The summed E-state index contributed by atoms with van der Waals surface area (Å²) in [5, 5.41) is 0. The molecule has 1 unspecified atom stereocenters. The third kappa shape index (κ3) is 6.82. The van der Waals surface area contributed by atoms with Gasteiger partial charge in [0, 0.05) is 26.2 Å². The zero-order valence-corrected chi connectivity index (χ0v) is 16.5. The lowest BCUT2D eigenvalue weighted by Crippen LogP contribution is -2.66. The number of unbranched alkanes of at least 4 members (excludes halogenated alkanes) is 3. The minimum absolute atomic E-state index is 0.112. The van der Waals surface area contributed by atoms with Gasteiger partial charge in [-0.2, -0.15) is 48.3 Å². The van der Waals surface area contributed by atoms with Gasteiger partial charge in [-0.25, -0.2) is 0 Å². The molecule has 1 rings (SSSR count). The van der Waals surface area contributed by atoms with Crippen LogP contribution in [0.2, 0.25) is 0 Å². The van der Waals surface area contributed by atoms with E-state index >= 15 is 0 Å². The molecule has 0 spiro atoms. The molecule has 0 saturated carbocycles. The quantitative estimate of drug-likeness (QED) is 0.208. The molecule has 1 aliphatic heterocycles. The van der Waals surface area contributed by atoms with Crippen molar-refractivity contribution in [3.05, 3.63) is 0 Å². The molecule has 31 heavy (non-hydrogen) atoms. The monoisotopic (exact) mass is 482 g/mol. The first-order valence-electron chi connectivity index (χ1n) is 9.85. The zero-order valence-electron chi connectivity index (χ0n) is 16.5. The molecular formula is C18H25F11O2. The van der Waals surface area contributed by atoms with Crippen LogP contribution in [0.15, 0.2) is 0 Å². The maximum absolute atomic E-state index is 13.5. The van der Waals surface area contributed by atoms with Crippen LogP contribution in [0.1, 0.15) is 57.8 Å². The van der Waals surface area contributed by atoms with Crippen LogP contribution in [-0.2, 0) is 9.47 Å². The van der Waals surface area contributed by atoms with Crippen molar-refractivity contribution < 1.29 is 57.8 Å². The van der Waals surface area contributed by atoms with Crippen molar-refractivity contribution in [2.75, 3.05) is 19.8 Å². The molecule has 0 bridgehead atoms. The lowest BCUT2D eigenvalue weighted by molar-refractivity contribution is -0.422. The largest absolute Gasteiger partial charge is 0.460 e. The minimum Gasteiger partial charge on any atom is -0.381 e. The van der Waals surface area contributed by atoms with E-state index in [1.807, 2.05) is 0 Å². The van der Waals surface area contributed by atoms with Crippen LogP contribution in [-0.4, -0.2) is 55.8 Å². The summed E-state index contributed by atoms with van der Waals surface area (Å²) < 4.78 is 152. The lowest BCUT2D eigenvalue weighted by Gasteiger charge is -2.37. The summed E-state index contributed by atoms with van der Waals surface area (Å²) in [6.45, 7) is 1.32. The molecule has 0 aromatic heterocycles. The van der Waals surface area contributed by atoms with Crippen LogP contribution < -0.4 is 0 Å². The molecule has 0 aromatic carbocycles. The molecule has 0 N–H and O–H groups in total. The first kappa shape index (κ1) is 28.2. The van der Waals surface area contributed by atoms with Gasteiger partial charge in [0.1, 0.15) is 0 Å². The van der Waals surface area contributed by atoms with Crippen LogP contribution in [0, 0.1) is 0 Å². The first-order valence-corrected chi connectivity index (χ1v) is 9.85. The number of rotatable bonds is 13. The third-order valence-electron chi connectivity index (χ3n) is 4.99. The highest BCUT2D eigenvalue weighted by molar-refractivity contribution is 5.06. The number of hydrogen-bond acceptors (Lipinski definition) is 2. The summed E-state index contributed by atoms with van der Waals surface area (Å²) in [5.74, 6) is -27.3. The van der Waals surface area contributed by atoms with Crippen LogP contribution >= 0.6 is 0 Å². The van der Waals surface area contributed by atoms with Gasteiger partial charge < -0.3 is 9.47 Å². The van der Waals surface area contributed by atoms with Crippen molar-refractivity contribution in [2.24, 2.45) is 0 Å². The molecule has 186 valence electrons. The van der Waals surface area contributed by atoms with Crippen LogP contribution in [0.5, 0.6) is 0 Å². The van der Waals surface area contributed by atoms with Gasteiger partial charge in [-0.1, -0.05) is 12.8 Å². The van der Waals surface area contributed by atoms with Crippen molar-refractivity contribution >= 4 is 0 Å². The van der Waals surface area contributed by atoms with Crippen molar-refractivity contribution in [3.8, 4) is 0 Å². The molecular weight excluding hydrogens is 457 g/mol. The van der Waals surface area contributed by atoms with E-state index < -0.39 is 42.7 Å². The molecule has 0 radical (unpaired) electrons. The van der Waals surface area contributed by atoms with Crippen molar-refractivity contribution in [1.82, 2.24) is 0 Å². The average Bonchev–Trinajstić information content (AvgIpc) is 2.66. The molecule has 1 aliphatic rings. The second-order valence-electron chi connectivity index (χ2n) is 7.48. The van der Waals surface area contributed by atoms with E-state index in [0.29, 0.717) is 26.1 Å². The molecule has 0 aromatic rings. The predicted molar refractivity (Wildman–Crippen MR) is 88.0 cm³/mol. The Morgan fingerprint density at radius 3 is 1.84 bits per heavy atom. The van der Waals surface area contributed by atoms with Gasteiger partial charge in [0.25, 0.3) is 0 Å². The molecule has 0 amide bonds. The number of hydrogen-bond donors (Lipinski definition) is 0. The number of ether oxygens (including phenoxy) is 2. The van der Waals surface area contributed by atoms with E-state index in [2.05, 4.69) is 0 Å². The van der Waals surface area contributed by atoms with Gasteiger partial charge in [0.05, 0.1) is 6.10 Å². The Labute approximate surface area is 172 Å². The summed E-state index contributed by atoms with van der Waals surface area (Å²) in [7, 11) is 0. The van der Waals surface area contributed by atoms with Crippen molar-refractivity contribution in [1.29, 1.82) is 0 Å². The Hall–Kier alpha value is -0.850. The Morgan fingerprint density at radius 2 is 1.29 bits per heavy atom. The lowest BCUT2D eigenvalue weighted by atomic mass is 9.94. The Bertz CT molecular complexity index is 529. The van der Waals surface area contributed by atoms with Gasteiger partial charge in [-0.3, -0.25) is 0 Å². The van der Waals surface area contributed by atoms with E-state index in [9.17, 15) is 48.3 Å². The minimum atomic E-state index is -7.33. The van der Waals surface area contributed by atoms with Gasteiger partial charge in [-0.05, 0) is 38.5 Å².